The second kappa shape index (κ2) is 23.5. The Balaban J connectivity index is 4.05. The standard InChI is InChI=1S/C29H53NO6/c1-2-3-4-5-6-7-8-9-10-11-12-13-14-15-16-17-18-19-23-30(24-20-27(31)32,25-21-28(33)34)26-22-29(35)36/h14-15H,2-13,16-26H2,1H3,(H2-,31,32,33,34,35,36)/b15-14+. The first kappa shape index (κ1) is 34.1. The zero-order valence-electron chi connectivity index (χ0n) is 22.9. The van der Waals surface area contributed by atoms with E-state index in [0.717, 1.165) is 32.1 Å². The van der Waals surface area contributed by atoms with Crippen LogP contribution in [0.1, 0.15) is 129 Å². The largest absolute Gasteiger partial charge is 0.550 e. The summed E-state index contributed by atoms with van der Waals surface area (Å²) < 4.78 is 0.210. The third-order valence-corrected chi connectivity index (χ3v) is 7.03. The number of hydrogen-bond donors (Lipinski definition) is 2. The molecule has 0 aromatic heterocycles. The van der Waals surface area contributed by atoms with Gasteiger partial charge >= 0.3 is 11.9 Å². The van der Waals surface area contributed by atoms with Crippen molar-refractivity contribution in [2.24, 2.45) is 0 Å². The Kier molecular flexibility index (Phi) is 22.3. The van der Waals surface area contributed by atoms with E-state index in [1.165, 1.54) is 70.6 Å². The summed E-state index contributed by atoms with van der Waals surface area (Å²) in [5.41, 5.74) is 0. The van der Waals surface area contributed by atoms with Crippen LogP contribution < -0.4 is 5.11 Å². The van der Waals surface area contributed by atoms with E-state index in [9.17, 15) is 19.5 Å². The van der Waals surface area contributed by atoms with Crippen molar-refractivity contribution in [2.45, 2.75) is 129 Å². The number of hydrogen-bond acceptors (Lipinski definition) is 4. The number of rotatable bonds is 27. The topological polar surface area (TPSA) is 115 Å². The quantitative estimate of drug-likeness (QED) is 0.0829. The Morgan fingerprint density at radius 1 is 0.583 bits per heavy atom. The molecule has 0 heterocycles. The maximum Gasteiger partial charge on any atom is 0.309 e. The second-order valence-corrected chi connectivity index (χ2v) is 10.3. The highest BCUT2D eigenvalue weighted by Crippen LogP contribution is 2.16. The van der Waals surface area contributed by atoms with E-state index in [-0.39, 0.29) is 43.4 Å². The number of quaternary nitrogens is 1. The Morgan fingerprint density at radius 2 is 0.972 bits per heavy atom. The highest BCUT2D eigenvalue weighted by molar-refractivity contribution is 5.67. The summed E-state index contributed by atoms with van der Waals surface area (Å²) in [6.07, 6.45) is 23.9. The van der Waals surface area contributed by atoms with Crippen molar-refractivity contribution in [1.82, 2.24) is 0 Å². The molecule has 0 bridgehead atoms. The Hall–Kier alpha value is -1.89. The van der Waals surface area contributed by atoms with Crippen molar-refractivity contribution in [3.8, 4) is 0 Å². The number of unbranched alkanes of at least 4 members (excludes halogenated alkanes) is 14. The molecule has 0 aromatic rings. The molecule has 0 unspecified atom stereocenters. The van der Waals surface area contributed by atoms with Crippen molar-refractivity contribution in [3.63, 3.8) is 0 Å². The third-order valence-electron chi connectivity index (χ3n) is 7.03. The fourth-order valence-electron chi connectivity index (χ4n) is 4.71. The predicted octanol–water partition coefficient (Wildman–Crippen LogP) is 5.71. The molecule has 2 N–H and O–H groups in total. The molecular formula is C29H53NO6. The smallest absolute Gasteiger partial charge is 0.309 e. The van der Waals surface area contributed by atoms with Gasteiger partial charge in [0.25, 0.3) is 0 Å². The van der Waals surface area contributed by atoms with Crippen molar-refractivity contribution in [3.05, 3.63) is 12.2 Å². The number of allylic oxidation sites excluding steroid dienone is 2. The number of carbonyl (C=O) groups is 3. The maximum absolute atomic E-state index is 11.1. The normalized spacial score (nSPS) is 11.8. The van der Waals surface area contributed by atoms with E-state index in [2.05, 4.69) is 19.1 Å². The third kappa shape index (κ3) is 22.6. The molecule has 0 aromatic carbocycles. The predicted molar refractivity (Wildman–Crippen MR) is 143 cm³/mol. The minimum Gasteiger partial charge on any atom is -0.550 e. The van der Waals surface area contributed by atoms with E-state index in [4.69, 9.17) is 10.2 Å². The van der Waals surface area contributed by atoms with Gasteiger partial charge in [0.05, 0.1) is 39.0 Å². The highest BCUT2D eigenvalue weighted by Gasteiger charge is 2.28. The van der Waals surface area contributed by atoms with Gasteiger partial charge in [0.2, 0.25) is 0 Å². The monoisotopic (exact) mass is 511 g/mol. The van der Waals surface area contributed by atoms with Crippen LogP contribution in [0.5, 0.6) is 0 Å². The van der Waals surface area contributed by atoms with Crippen molar-refractivity contribution in [2.75, 3.05) is 26.2 Å². The lowest BCUT2D eigenvalue weighted by atomic mass is 10.1. The molecule has 0 rings (SSSR count). The van der Waals surface area contributed by atoms with Gasteiger partial charge in [0, 0.05) is 12.4 Å². The number of carboxylic acid groups (broad SMARTS) is 3. The first-order valence-corrected chi connectivity index (χ1v) is 14.4. The second-order valence-electron chi connectivity index (χ2n) is 10.3. The van der Waals surface area contributed by atoms with Crippen LogP contribution in [0.4, 0.5) is 0 Å². The van der Waals surface area contributed by atoms with Crippen LogP contribution in [0, 0.1) is 0 Å². The van der Waals surface area contributed by atoms with Crippen LogP contribution in [0.25, 0.3) is 0 Å². The lowest BCUT2D eigenvalue weighted by Crippen LogP contribution is -2.53. The Bertz CT molecular complexity index is 559. The summed E-state index contributed by atoms with van der Waals surface area (Å²) in [7, 11) is 0. The minimum atomic E-state index is -1.19. The van der Waals surface area contributed by atoms with Crippen LogP contribution in [-0.2, 0) is 14.4 Å². The van der Waals surface area contributed by atoms with Crippen LogP contribution in [0.3, 0.4) is 0 Å². The average molecular weight is 512 g/mol. The van der Waals surface area contributed by atoms with Crippen molar-refractivity contribution in [1.29, 1.82) is 0 Å². The number of aliphatic carboxylic acids is 3. The summed E-state index contributed by atoms with van der Waals surface area (Å²) >= 11 is 0. The molecule has 210 valence electrons. The van der Waals surface area contributed by atoms with E-state index in [0.29, 0.717) is 6.54 Å². The first-order valence-electron chi connectivity index (χ1n) is 14.4. The molecule has 0 aliphatic heterocycles. The van der Waals surface area contributed by atoms with Crippen LogP contribution in [0.15, 0.2) is 12.2 Å². The molecule has 0 aliphatic carbocycles. The molecule has 0 aliphatic rings. The molecule has 0 saturated carbocycles. The van der Waals surface area contributed by atoms with Gasteiger partial charge in [-0.2, -0.15) is 0 Å². The molecule has 36 heavy (non-hydrogen) atoms. The summed E-state index contributed by atoms with van der Waals surface area (Å²) in [5, 5.41) is 29.2. The van der Waals surface area contributed by atoms with Crippen molar-refractivity contribution >= 4 is 17.9 Å². The van der Waals surface area contributed by atoms with E-state index >= 15 is 0 Å². The maximum atomic E-state index is 11.1. The van der Waals surface area contributed by atoms with Gasteiger partial charge in [-0.1, -0.05) is 83.3 Å². The molecule has 0 amide bonds. The molecule has 7 heteroatoms. The van der Waals surface area contributed by atoms with Gasteiger partial charge in [0.1, 0.15) is 0 Å². The van der Waals surface area contributed by atoms with Crippen LogP contribution in [-0.4, -0.2) is 58.8 Å². The van der Waals surface area contributed by atoms with E-state index in [1.54, 1.807) is 0 Å². The van der Waals surface area contributed by atoms with Gasteiger partial charge in [-0.25, -0.2) is 0 Å². The Labute approximate surface area is 219 Å². The van der Waals surface area contributed by atoms with Gasteiger partial charge in [-0.05, 0) is 38.5 Å². The molecule has 0 saturated heterocycles. The van der Waals surface area contributed by atoms with E-state index < -0.39 is 17.9 Å². The highest BCUT2D eigenvalue weighted by atomic mass is 16.4. The Morgan fingerprint density at radius 3 is 1.39 bits per heavy atom. The first-order chi connectivity index (χ1) is 17.3. The SMILES string of the molecule is CCCCCCCCCCCCC/C=C/CCCCC[N+](CCC(=O)[O-])(CCC(=O)O)CCC(=O)O. The summed E-state index contributed by atoms with van der Waals surface area (Å²) in [6.45, 7) is 3.55. The summed E-state index contributed by atoms with van der Waals surface area (Å²) in [4.78, 5) is 33.2. The zero-order chi connectivity index (χ0) is 26.9. The minimum absolute atomic E-state index is 0.103. The molecule has 7 nitrogen and oxygen atoms in total. The number of nitrogens with zero attached hydrogens (tertiary/aromatic N) is 1. The van der Waals surface area contributed by atoms with Gasteiger partial charge in [-0.15, -0.1) is 0 Å². The summed E-state index contributed by atoms with van der Waals surface area (Å²) in [5.74, 6) is -3.10. The molecule has 0 atom stereocenters. The fourth-order valence-corrected chi connectivity index (χ4v) is 4.71. The van der Waals surface area contributed by atoms with Crippen LogP contribution in [0.2, 0.25) is 0 Å². The van der Waals surface area contributed by atoms with E-state index in [1.807, 2.05) is 0 Å². The number of carboxylic acids is 3. The molecular weight excluding hydrogens is 458 g/mol. The van der Waals surface area contributed by atoms with Crippen molar-refractivity contribution < 1.29 is 34.2 Å². The molecule has 0 fully saturated rings. The van der Waals surface area contributed by atoms with Crippen LogP contribution >= 0.6 is 0 Å². The average Bonchev–Trinajstić information content (AvgIpc) is 2.83. The molecule has 0 radical (unpaired) electrons. The van der Waals surface area contributed by atoms with Gasteiger partial charge < -0.3 is 24.6 Å². The summed E-state index contributed by atoms with van der Waals surface area (Å²) in [6, 6.07) is 0. The zero-order valence-corrected chi connectivity index (χ0v) is 22.9. The fraction of sp³-hybridized carbons (Fsp3) is 0.828. The van der Waals surface area contributed by atoms with Gasteiger partial charge in [-0.3, -0.25) is 9.59 Å². The lowest BCUT2D eigenvalue weighted by molar-refractivity contribution is -0.927. The van der Waals surface area contributed by atoms with Gasteiger partial charge in [0.15, 0.2) is 0 Å². The molecule has 0 spiro atoms. The number of carbonyl (C=O) groups excluding carboxylic acids is 1. The lowest BCUT2D eigenvalue weighted by Gasteiger charge is -2.38.